The molecule has 0 unspecified atom stereocenters. The summed E-state index contributed by atoms with van der Waals surface area (Å²) in [5, 5.41) is 3.23. The summed E-state index contributed by atoms with van der Waals surface area (Å²) >= 11 is 0. The summed E-state index contributed by atoms with van der Waals surface area (Å²) in [6, 6.07) is 7.26. The molecule has 0 aliphatic carbocycles. The summed E-state index contributed by atoms with van der Waals surface area (Å²) in [5.41, 5.74) is 0.779. The van der Waals surface area contributed by atoms with Crippen molar-refractivity contribution in [2.24, 2.45) is 0 Å². The van der Waals surface area contributed by atoms with Crippen molar-refractivity contribution in [2.45, 2.75) is 39.7 Å². The van der Waals surface area contributed by atoms with E-state index < -0.39 is 0 Å². The van der Waals surface area contributed by atoms with E-state index in [0.717, 1.165) is 11.3 Å². The molecule has 0 amide bonds. The van der Waals surface area contributed by atoms with E-state index >= 15 is 0 Å². The van der Waals surface area contributed by atoms with E-state index in [2.05, 4.69) is 26.1 Å². The lowest BCUT2D eigenvalue weighted by atomic mass is 10.1. The Kier molecular flexibility index (Phi) is 4.70. The first-order valence-electron chi connectivity index (χ1n) is 5.93. The van der Waals surface area contributed by atoms with E-state index in [-0.39, 0.29) is 11.3 Å². The molecular formula is C14H21NO2. The van der Waals surface area contributed by atoms with Crippen molar-refractivity contribution in [1.82, 2.24) is 5.32 Å². The van der Waals surface area contributed by atoms with E-state index in [1.165, 1.54) is 0 Å². The third-order valence-electron chi connectivity index (χ3n) is 2.34. The third-order valence-corrected chi connectivity index (χ3v) is 2.34. The van der Waals surface area contributed by atoms with Crippen LogP contribution in [0.3, 0.4) is 0 Å². The summed E-state index contributed by atoms with van der Waals surface area (Å²) < 4.78 is 5.53. The van der Waals surface area contributed by atoms with Crippen LogP contribution in [0.5, 0.6) is 5.75 Å². The molecule has 94 valence electrons. The number of hydrogen-bond acceptors (Lipinski definition) is 3. The molecule has 1 rings (SSSR count). The standard InChI is InChI=1S/C14H21NO2/c1-5-13(16)11-6-8-12(9-7-11)17-10-15-14(2,3)4/h6-9,15H,5,10H2,1-4H3. The van der Waals surface area contributed by atoms with Gasteiger partial charge >= 0.3 is 0 Å². The zero-order valence-electron chi connectivity index (χ0n) is 11.0. The van der Waals surface area contributed by atoms with Crippen molar-refractivity contribution >= 4 is 5.78 Å². The van der Waals surface area contributed by atoms with Gasteiger partial charge in [-0.2, -0.15) is 0 Å². The van der Waals surface area contributed by atoms with Crippen LogP contribution in [0.2, 0.25) is 0 Å². The average Bonchev–Trinajstić information content (AvgIpc) is 2.27. The van der Waals surface area contributed by atoms with Gasteiger partial charge in [-0.25, -0.2) is 0 Å². The van der Waals surface area contributed by atoms with Crippen LogP contribution in [-0.4, -0.2) is 18.1 Å². The highest BCUT2D eigenvalue weighted by Gasteiger charge is 2.08. The molecule has 0 aliphatic heterocycles. The Bertz CT molecular complexity index is 363. The van der Waals surface area contributed by atoms with E-state index in [1.54, 1.807) is 12.1 Å². The van der Waals surface area contributed by atoms with Crippen molar-refractivity contribution in [3.8, 4) is 5.75 Å². The van der Waals surface area contributed by atoms with Crippen LogP contribution in [0.1, 0.15) is 44.5 Å². The fourth-order valence-corrected chi connectivity index (χ4v) is 1.28. The first kappa shape index (κ1) is 13.7. The summed E-state index contributed by atoms with van der Waals surface area (Å²) in [6.07, 6.45) is 0.534. The maximum Gasteiger partial charge on any atom is 0.162 e. The zero-order chi connectivity index (χ0) is 12.9. The second-order valence-corrected chi connectivity index (χ2v) is 5.02. The van der Waals surface area contributed by atoms with Crippen LogP contribution < -0.4 is 10.1 Å². The number of ether oxygens (including phenoxy) is 1. The average molecular weight is 235 g/mol. The van der Waals surface area contributed by atoms with E-state index in [0.29, 0.717) is 13.2 Å². The molecule has 0 heterocycles. The van der Waals surface area contributed by atoms with Crippen LogP contribution >= 0.6 is 0 Å². The summed E-state index contributed by atoms with van der Waals surface area (Å²) in [6.45, 7) is 8.57. The Hall–Kier alpha value is -1.35. The monoisotopic (exact) mass is 235 g/mol. The molecule has 0 saturated heterocycles. The molecule has 0 atom stereocenters. The first-order valence-corrected chi connectivity index (χ1v) is 5.93. The van der Waals surface area contributed by atoms with Crippen LogP contribution in [0.15, 0.2) is 24.3 Å². The van der Waals surface area contributed by atoms with Gasteiger partial charge in [0.15, 0.2) is 5.78 Å². The number of carbonyl (C=O) groups is 1. The zero-order valence-corrected chi connectivity index (χ0v) is 11.0. The Morgan fingerprint density at radius 3 is 2.29 bits per heavy atom. The second-order valence-electron chi connectivity index (χ2n) is 5.02. The number of benzene rings is 1. The van der Waals surface area contributed by atoms with Gasteiger partial charge in [-0.3, -0.25) is 10.1 Å². The highest BCUT2D eigenvalue weighted by Crippen LogP contribution is 2.13. The molecule has 0 bridgehead atoms. The van der Waals surface area contributed by atoms with E-state index in [4.69, 9.17) is 4.74 Å². The summed E-state index contributed by atoms with van der Waals surface area (Å²) in [7, 11) is 0. The van der Waals surface area contributed by atoms with Crippen LogP contribution in [0.25, 0.3) is 0 Å². The van der Waals surface area contributed by atoms with Crippen molar-refractivity contribution < 1.29 is 9.53 Å². The molecule has 0 aromatic heterocycles. The molecule has 3 nitrogen and oxygen atoms in total. The Labute approximate surface area is 103 Å². The minimum absolute atomic E-state index is 0.0398. The van der Waals surface area contributed by atoms with Crippen molar-refractivity contribution in [2.75, 3.05) is 6.73 Å². The Morgan fingerprint density at radius 2 is 1.82 bits per heavy atom. The van der Waals surface area contributed by atoms with Gasteiger partial charge in [0.1, 0.15) is 12.5 Å². The quantitative estimate of drug-likeness (QED) is 0.630. The molecule has 0 spiro atoms. The molecule has 0 aliphatic rings. The normalized spacial score (nSPS) is 11.3. The molecule has 3 heteroatoms. The second kappa shape index (κ2) is 5.82. The Balaban J connectivity index is 2.49. The predicted octanol–water partition coefficient (Wildman–Crippen LogP) is 3.00. The molecule has 1 aromatic rings. The van der Waals surface area contributed by atoms with Gasteiger partial charge in [0.05, 0.1) is 0 Å². The third kappa shape index (κ3) is 5.00. The molecule has 1 N–H and O–H groups in total. The Morgan fingerprint density at radius 1 is 1.24 bits per heavy atom. The van der Waals surface area contributed by atoms with Crippen molar-refractivity contribution in [3.05, 3.63) is 29.8 Å². The van der Waals surface area contributed by atoms with Gasteiger partial charge in [0.25, 0.3) is 0 Å². The van der Waals surface area contributed by atoms with Crippen LogP contribution in [0, 0.1) is 0 Å². The van der Waals surface area contributed by atoms with E-state index in [9.17, 15) is 4.79 Å². The summed E-state index contributed by atoms with van der Waals surface area (Å²) in [4.78, 5) is 11.4. The number of nitrogens with one attached hydrogen (secondary N) is 1. The smallest absolute Gasteiger partial charge is 0.162 e. The number of Topliss-reactive ketones (excluding diaryl/α,β-unsaturated/α-hetero) is 1. The highest BCUT2D eigenvalue weighted by molar-refractivity contribution is 5.95. The molecule has 0 radical (unpaired) electrons. The van der Waals surface area contributed by atoms with Gasteiger partial charge in [-0.05, 0) is 45.0 Å². The fourth-order valence-electron chi connectivity index (χ4n) is 1.28. The topological polar surface area (TPSA) is 38.3 Å². The molecule has 17 heavy (non-hydrogen) atoms. The summed E-state index contributed by atoms with van der Waals surface area (Å²) in [5.74, 6) is 0.929. The van der Waals surface area contributed by atoms with Crippen molar-refractivity contribution in [1.29, 1.82) is 0 Å². The number of ketones is 1. The van der Waals surface area contributed by atoms with Gasteiger partial charge in [-0.15, -0.1) is 0 Å². The minimum Gasteiger partial charge on any atom is -0.478 e. The van der Waals surface area contributed by atoms with Gasteiger partial charge < -0.3 is 4.74 Å². The number of rotatable bonds is 5. The highest BCUT2D eigenvalue weighted by atomic mass is 16.5. The molecule has 0 saturated carbocycles. The van der Waals surface area contributed by atoms with Gasteiger partial charge in [-0.1, -0.05) is 6.92 Å². The first-order chi connectivity index (χ1) is 7.92. The van der Waals surface area contributed by atoms with Crippen LogP contribution in [0.4, 0.5) is 0 Å². The maximum absolute atomic E-state index is 11.4. The van der Waals surface area contributed by atoms with Crippen molar-refractivity contribution in [3.63, 3.8) is 0 Å². The van der Waals surface area contributed by atoms with Crippen LogP contribution in [-0.2, 0) is 0 Å². The maximum atomic E-state index is 11.4. The number of hydrogen-bond donors (Lipinski definition) is 1. The molecule has 1 aromatic carbocycles. The lowest BCUT2D eigenvalue weighted by Crippen LogP contribution is -2.38. The molecule has 0 fully saturated rings. The van der Waals surface area contributed by atoms with Gasteiger partial charge in [0, 0.05) is 17.5 Å². The minimum atomic E-state index is 0.0398. The molecular weight excluding hydrogens is 214 g/mol. The lowest BCUT2D eigenvalue weighted by molar-refractivity contribution is 0.0988. The largest absolute Gasteiger partial charge is 0.478 e. The number of carbonyl (C=O) groups excluding carboxylic acids is 1. The SMILES string of the molecule is CCC(=O)c1ccc(OCNC(C)(C)C)cc1. The van der Waals surface area contributed by atoms with Gasteiger partial charge in [0.2, 0.25) is 0 Å². The predicted molar refractivity (Wildman–Crippen MR) is 69.4 cm³/mol. The lowest BCUT2D eigenvalue weighted by Gasteiger charge is -2.20. The van der Waals surface area contributed by atoms with E-state index in [1.807, 2.05) is 19.1 Å². The fraction of sp³-hybridized carbons (Fsp3) is 0.500.